The van der Waals surface area contributed by atoms with Crippen molar-refractivity contribution >= 4 is 23.4 Å². The second-order valence-corrected chi connectivity index (χ2v) is 8.30. The molecule has 2 amide bonds. The molecule has 1 aliphatic rings. The molecule has 7 heteroatoms. The van der Waals surface area contributed by atoms with Gasteiger partial charge in [0, 0.05) is 12.1 Å². The van der Waals surface area contributed by atoms with Gasteiger partial charge in [0.25, 0.3) is 5.91 Å². The summed E-state index contributed by atoms with van der Waals surface area (Å²) in [7, 11) is 0. The highest BCUT2D eigenvalue weighted by atomic mass is 35.5. The minimum Gasteiger partial charge on any atom is -0.354 e. The number of amides is 2. The quantitative estimate of drug-likeness (QED) is 0.643. The summed E-state index contributed by atoms with van der Waals surface area (Å²) in [6.07, 6.45) is 2.40. The van der Waals surface area contributed by atoms with Crippen LogP contribution in [0.2, 0.25) is 5.02 Å². The predicted molar refractivity (Wildman–Crippen MR) is 122 cm³/mol. The van der Waals surface area contributed by atoms with Crippen molar-refractivity contribution in [1.82, 2.24) is 20.4 Å². The molecule has 4 rings (SSSR count). The maximum Gasteiger partial charge on any atom is 0.270 e. The molecule has 2 aromatic carbocycles. The Balaban J connectivity index is 1.75. The van der Waals surface area contributed by atoms with E-state index in [1.807, 2.05) is 37.3 Å². The molecule has 0 saturated carbocycles. The first-order valence-electron chi connectivity index (χ1n) is 10.4. The number of hydrogen-bond acceptors (Lipinski definition) is 3. The minimum absolute atomic E-state index is 0.149. The number of nitrogens with zero attached hydrogens (tertiary/aromatic N) is 2. The van der Waals surface area contributed by atoms with Crippen molar-refractivity contribution in [3.8, 4) is 16.9 Å². The number of aryl methyl sites for hydroxylation is 2. The molecule has 6 nitrogen and oxygen atoms in total. The van der Waals surface area contributed by atoms with E-state index in [1.54, 1.807) is 16.8 Å². The van der Waals surface area contributed by atoms with Crippen LogP contribution in [0.3, 0.4) is 0 Å². The third kappa shape index (κ3) is 4.49. The molecule has 0 spiro atoms. The van der Waals surface area contributed by atoms with E-state index in [4.69, 9.17) is 16.7 Å². The van der Waals surface area contributed by atoms with E-state index in [0.717, 1.165) is 24.0 Å². The van der Waals surface area contributed by atoms with Gasteiger partial charge in [0.05, 0.1) is 16.4 Å². The van der Waals surface area contributed by atoms with E-state index in [0.29, 0.717) is 35.1 Å². The van der Waals surface area contributed by atoms with Gasteiger partial charge >= 0.3 is 0 Å². The molecule has 1 aliphatic heterocycles. The lowest BCUT2D eigenvalue weighted by Gasteiger charge is -2.16. The van der Waals surface area contributed by atoms with Crippen molar-refractivity contribution in [2.75, 3.05) is 6.54 Å². The predicted octanol–water partition coefficient (Wildman–Crippen LogP) is 4.21. The van der Waals surface area contributed by atoms with Crippen LogP contribution in [0, 0.1) is 13.8 Å². The lowest BCUT2D eigenvalue weighted by Crippen LogP contribution is -2.45. The van der Waals surface area contributed by atoms with Crippen LogP contribution < -0.4 is 10.6 Å². The fourth-order valence-corrected chi connectivity index (χ4v) is 3.92. The maximum atomic E-state index is 13.2. The van der Waals surface area contributed by atoms with Crippen molar-refractivity contribution in [2.45, 2.75) is 39.2 Å². The van der Waals surface area contributed by atoms with Crippen LogP contribution >= 0.6 is 11.6 Å². The molecule has 0 aliphatic carbocycles. The number of rotatable bonds is 4. The Morgan fingerprint density at radius 3 is 2.71 bits per heavy atom. The van der Waals surface area contributed by atoms with Crippen LogP contribution in [0.5, 0.6) is 0 Å². The number of aromatic nitrogens is 2. The van der Waals surface area contributed by atoms with E-state index in [2.05, 4.69) is 23.6 Å². The van der Waals surface area contributed by atoms with Crippen molar-refractivity contribution in [3.63, 3.8) is 0 Å². The molecule has 1 fully saturated rings. The normalized spacial score (nSPS) is 16.5. The Morgan fingerprint density at radius 1 is 1.13 bits per heavy atom. The number of hydrogen-bond donors (Lipinski definition) is 2. The van der Waals surface area contributed by atoms with Gasteiger partial charge in [0.2, 0.25) is 5.91 Å². The zero-order valence-corrected chi connectivity index (χ0v) is 18.4. The van der Waals surface area contributed by atoms with Gasteiger partial charge in [-0.2, -0.15) is 5.10 Å². The highest BCUT2D eigenvalue weighted by Crippen LogP contribution is 2.27. The van der Waals surface area contributed by atoms with Gasteiger partial charge < -0.3 is 10.6 Å². The standard InChI is InChI=1S/C24H25ClN4O2/c1-15-10-11-17(13-16(15)2)20-14-22(29(28-20)21-9-4-3-7-18(21)25)24(31)27-19-8-5-6-12-26-23(19)30/h3-4,7,9-11,13-14,19H,5-6,8,12H2,1-2H3,(H,26,30)(H,27,31). The second kappa shape index (κ2) is 8.94. The minimum atomic E-state index is -0.560. The average molecular weight is 437 g/mol. The molecule has 0 bridgehead atoms. The van der Waals surface area contributed by atoms with E-state index >= 15 is 0 Å². The van der Waals surface area contributed by atoms with Crippen LogP contribution in [-0.2, 0) is 4.79 Å². The summed E-state index contributed by atoms with van der Waals surface area (Å²) in [5.74, 6) is -0.506. The summed E-state index contributed by atoms with van der Waals surface area (Å²) < 4.78 is 1.55. The van der Waals surface area contributed by atoms with Gasteiger partial charge in [-0.15, -0.1) is 0 Å². The number of halogens is 1. The lowest BCUT2D eigenvalue weighted by atomic mass is 10.0. The molecular formula is C24H25ClN4O2. The van der Waals surface area contributed by atoms with Gasteiger partial charge in [-0.3, -0.25) is 9.59 Å². The summed E-state index contributed by atoms with van der Waals surface area (Å²) in [5.41, 5.74) is 4.85. The summed E-state index contributed by atoms with van der Waals surface area (Å²) in [4.78, 5) is 25.6. The fourth-order valence-electron chi connectivity index (χ4n) is 3.70. The molecule has 1 aromatic heterocycles. The van der Waals surface area contributed by atoms with E-state index in [9.17, 15) is 9.59 Å². The van der Waals surface area contributed by atoms with E-state index < -0.39 is 6.04 Å². The van der Waals surface area contributed by atoms with Gasteiger partial charge in [0.15, 0.2) is 0 Å². The van der Waals surface area contributed by atoms with E-state index in [-0.39, 0.29) is 11.8 Å². The monoisotopic (exact) mass is 436 g/mol. The van der Waals surface area contributed by atoms with Gasteiger partial charge in [-0.05, 0) is 68.5 Å². The zero-order chi connectivity index (χ0) is 22.0. The second-order valence-electron chi connectivity index (χ2n) is 7.89. The van der Waals surface area contributed by atoms with Gasteiger partial charge in [-0.25, -0.2) is 4.68 Å². The molecule has 3 aromatic rings. The SMILES string of the molecule is Cc1ccc(-c2cc(C(=O)NC3CCCCNC3=O)n(-c3ccccc3Cl)n2)cc1C. The molecule has 1 unspecified atom stereocenters. The largest absolute Gasteiger partial charge is 0.354 e. The van der Waals surface area contributed by atoms with Crippen LogP contribution in [-0.4, -0.2) is 34.2 Å². The number of carbonyl (C=O) groups excluding carboxylic acids is 2. The highest BCUT2D eigenvalue weighted by molar-refractivity contribution is 6.32. The summed E-state index contributed by atoms with van der Waals surface area (Å²) in [6.45, 7) is 4.74. The summed E-state index contributed by atoms with van der Waals surface area (Å²) in [6, 6.07) is 14.5. The third-order valence-corrected chi connectivity index (χ3v) is 5.99. The Morgan fingerprint density at radius 2 is 1.94 bits per heavy atom. The molecule has 1 atom stereocenters. The Hall–Kier alpha value is -3.12. The Kier molecular flexibility index (Phi) is 6.09. The average Bonchev–Trinajstić information content (AvgIpc) is 3.10. The smallest absolute Gasteiger partial charge is 0.270 e. The van der Waals surface area contributed by atoms with Crippen LogP contribution in [0.1, 0.15) is 40.9 Å². The number of benzene rings is 2. The molecule has 2 heterocycles. The molecule has 160 valence electrons. The van der Waals surface area contributed by atoms with Crippen molar-refractivity contribution in [2.24, 2.45) is 0 Å². The molecule has 2 N–H and O–H groups in total. The Bertz CT molecular complexity index is 1140. The fraction of sp³-hybridized carbons (Fsp3) is 0.292. The number of para-hydroxylation sites is 1. The summed E-state index contributed by atoms with van der Waals surface area (Å²) >= 11 is 6.42. The highest BCUT2D eigenvalue weighted by Gasteiger charge is 2.26. The molecule has 1 saturated heterocycles. The summed E-state index contributed by atoms with van der Waals surface area (Å²) in [5, 5.41) is 10.9. The molecular weight excluding hydrogens is 412 g/mol. The first-order chi connectivity index (χ1) is 14.9. The van der Waals surface area contributed by atoms with Crippen molar-refractivity contribution in [1.29, 1.82) is 0 Å². The topological polar surface area (TPSA) is 76.0 Å². The van der Waals surface area contributed by atoms with Crippen molar-refractivity contribution < 1.29 is 9.59 Å². The van der Waals surface area contributed by atoms with Crippen LogP contribution in [0.15, 0.2) is 48.5 Å². The van der Waals surface area contributed by atoms with E-state index in [1.165, 1.54) is 5.56 Å². The zero-order valence-electron chi connectivity index (χ0n) is 17.6. The number of carbonyl (C=O) groups is 2. The molecule has 0 radical (unpaired) electrons. The third-order valence-electron chi connectivity index (χ3n) is 5.67. The van der Waals surface area contributed by atoms with Gasteiger partial charge in [0.1, 0.15) is 11.7 Å². The molecule has 31 heavy (non-hydrogen) atoms. The lowest BCUT2D eigenvalue weighted by molar-refractivity contribution is -0.122. The van der Waals surface area contributed by atoms with Crippen LogP contribution in [0.4, 0.5) is 0 Å². The van der Waals surface area contributed by atoms with Crippen molar-refractivity contribution in [3.05, 3.63) is 70.4 Å². The first-order valence-corrected chi connectivity index (χ1v) is 10.8. The maximum absolute atomic E-state index is 13.2. The Labute approximate surface area is 186 Å². The van der Waals surface area contributed by atoms with Crippen LogP contribution in [0.25, 0.3) is 16.9 Å². The first kappa shape index (κ1) is 21.1. The number of nitrogens with one attached hydrogen (secondary N) is 2. The van der Waals surface area contributed by atoms with Gasteiger partial charge in [-0.1, -0.05) is 35.9 Å².